The summed E-state index contributed by atoms with van der Waals surface area (Å²) in [5.74, 6) is -1.15. The fourth-order valence-electron chi connectivity index (χ4n) is 2.74. The smallest absolute Gasteiger partial charge is 0.230 e. The van der Waals surface area contributed by atoms with Crippen molar-refractivity contribution in [3.63, 3.8) is 0 Å². The van der Waals surface area contributed by atoms with Gasteiger partial charge in [-0.3, -0.25) is 9.89 Å². The number of nitrogens with one attached hydrogen (secondary N) is 3. The molecule has 0 bridgehead atoms. The second-order valence-electron chi connectivity index (χ2n) is 6.22. The number of halogens is 2. The van der Waals surface area contributed by atoms with E-state index in [1.165, 1.54) is 18.2 Å². The van der Waals surface area contributed by atoms with Gasteiger partial charge in [0.2, 0.25) is 5.91 Å². The Morgan fingerprint density at radius 1 is 1.15 bits per heavy atom. The zero-order valence-corrected chi connectivity index (χ0v) is 13.7. The highest BCUT2D eigenvalue weighted by Gasteiger charge is 2.25. The maximum atomic E-state index is 14.2. The minimum atomic E-state index is -0.518. The van der Waals surface area contributed by atoms with Gasteiger partial charge >= 0.3 is 0 Å². The number of fused-ring (bicyclic) bond motifs is 1. The van der Waals surface area contributed by atoms with E-state index >= 15 is 0 Å². The first-order valence-electron chi connectivity index (χ1n) is 8.23. The number of H-pyrrole nitrogens is 1. The fraction of sp³-hybridized carbons (Fsp3) is 0.158. The van der Waals surface area contributed by atoms with Crippen LogP contribution in [0.25, 0.3) is 23.1 Å². The van der Waals surface area contributed by atoms with Crippen molar-refractivity contribution in [2.75, 3.05) is 18.4 Å². The monoisotopic (exact) mass is 354 g/mol. The highest BCUT2D eigenvalue weighted by atomic mass is 19.1. The third kappa shape index (κ3) is 3.21. The lowest BCUT2D eigenvalue weighted by molar-refractivity contribution is -0.121. The summed E-state index contributed by atoms with van der Waals surface area (Å²) in [5, 5.41) is 13.3. The predicted octanol–water partition coefficient (Wildman–Crippen LogP) is 3.17. The van der Waals surface area contributed by atoms with Crippen LogP contribution in [-0.2, 0) is 4.79 Å². The van der Waals surface area contributed by atoms with Crippen LogP contribution in [0.4, 0.5) is 14.5 Å². The molecule has 2 heterocycles. The molecule has 0 atom stereocenters. The molecule has 2 aromatic carbocycles. The molecule has 0 aliphatic carbocycles. The Bertz CT molecular complexity index is 991. The Morgan fingerprint density at radius 2 is 1.92 bits per heavy atom. The molecule has 5 nitrogen and oxygen atoms in total. The SMILES string of the molecule is O=C(Nc1cc2c(/C=C/c3ccc(F)cc3)n[nH]c2cc1F)C1CNC1. The molecule has 7 heteroatoms. The zero-order chi connectivity index (χ0) is 18.1. The van der Waals surface area contributed by atoms with Crippen LogP contribution in [-0.4, -0.2) is 29.2 Å². The molecule has 26 heavy (non-hydrogen) atoms. The number of hydrogen-bond acceptors (Lipinski definition) is 3. The third-order valence-corrected chi connectivity index (χ3v) is 4.39. The number of nitrogens with zero attached hydrogens (tertiary/aromatic N) is 1. The molecule has 0 unspecified atom stereocenters. The maximum Gasteiger partial charge on any atom is 0.230 e. The average Bonchev–Trinajstić information content (AvgIpc) is 2.95. The Morgan fingerprint density at radius 3 is 2.62 bits per heavy atom. The molecule has 0 radical (unpaired) electrons. The summed E-state index contributed by atoms with van der Waals surface area (Å²) in [6, 6.07) is 8.94. The van der Waals surface area contributed by atoms with Crippen molar-refractivity contribution in [1.82, 2.24) is 15.5 Å². The number of benzene rings is 2. The summed E-state index contributed by atoms with van der Waals surface area (Å²) in [7, 11) is 0. The molecule has 1 aliphatic rings. The number of anilines is 1. The quantitative estimate of drug-likeness (QED) is 0.674. The highest BCUT2D eigenvalue weighted by molar-refractivity contribution is 5.97. The number of carbonyl (C=O) groups is 1. The van der Waals surface area contributed by atoms with Gasteiger partial charge in [-0.15, -0.1) is 0 Å². The Labute approximate surface area is 148 Å². The second kappa shape index (κ2) is 6.68. The molecule has 0 spiro atoms. The van der Waals surface area contributed by atoms with Crippen molar-refractivity contribution in [2.45, 2.75) is 0 Å². The van der Waals surface area contributed by atoms with Gasteiger partial charge in [-0.2, -0.15) is 5.10 Å². The van der Waals surface area contributed by atoms with E-state index in [2.05, 4.69) is 20.8 Å². The van der Waals surface area contributed by atoms with E-state index in [1.54, 1.807) is 30.4 Å². The molecule has 4 rings (SSSR count). The molecule has 132 valence electrons. The largest absolute Gasteiger partial charge is 0.323 e. The van der Waals surface area contributed by atoms with Gasteiger partial charge in [0, 0.05) is 24.5 Å². The van der Waals surface area contributed by atoms with Gasteiger partial charge in [-0.25, -0.2) is 8.78 Å². The molecule has 1 fully saturated rings. The van der Waals surface area contributed by atoms with Crippen molar-refractivity contribution in [3.05, 3.63) is 59.3 Å². The normalized spacial score (nSPS) is 14.7. The maximum absolute atomic E-state index is 14.2. The van der Waals surface area contributed by atoms with Crippen LogP contribution in [0.15, 0.2) is 36.4 Å². The van der Waals surface area contributed by atoms with Gasteiger partial charge < -0.3 is 10.6 Å². The third-order valence-electron chi connectivity index (χ3n) is 4.39. The van der Waals surface area contributed by atoms with E-state index in [4.69, 9.17) is 0 Å². The average molecular weight is 354 g/mol. The second-order valence-corrected chi connectivity index (χ2v) is 6.22. The van der Waals surface area contributed by atoms with Gasteiger partial charge in [-0.1, -0.05) is 18.2 Å². The number of aromatic nitrogens is 2. The van der Waals surface area contributed by atoms with Crippen LogP contribution in [0, 0.1) is 17.6 Å². The van der Waals surface area contributed by atoms with Crippen molar-refractivity contribution >= 4 is 34.6 Å². The molecular formula is C19H16F2N4O. The Kier molecular flexibility index (Phi) is 4.22. The zero-order valence-electron chi connectivity index (χ0n) is 13.7. The van der Waals surface area contributed by atoms with Crippen molar-refractivity contribution in [1.29, 1.82) is 0 Å². The van der Waals surface area contributed by atoms with Gasteiger partial charge in [0.1, 0.15) is 11.6 Å². The van der Waals surface area contributed by atoms with E-state index < -0.39 is 5.82 Å². The summed E-state index contributed by atoms with van der Waals surface area (Å²) in [5.41, 5.74) is 2.08. The van der Waals surface area contributed by atoms with Crippen LogP contribution in [0.1, 0.15) is 11.3 Å². The van der Waals surface area contributed by atoms with Crippen LogP contribution in [0.2, 0.25) is 0 Å². The molecule has 1 amide bonds. The standard InChI is InChI=1S/C19H16F2N4O/c20-13-4-1-11(2-5-13)3-6-16-14-7-18(15(21)8-17(14)25-24-16)23-19(26)12-9-22-10-12/h1-8,12,22H,9-10H2,(H,23,26)(H,24,25)/b6-3+. The summed E-state index contributed by atoms with van der Waals surface area (Å²) < 4.78 is 27.2. The van der Waals surface area contributed by atoms with Gasteiger partial charge in [0.25, 0.3) is 0 Å². The topological polar surface area (TPSA) is 69.8 Å². The Hall–Kier alpha value is -3.06. The molecular weight excluding hydrogens is 338 g/mol. The lowest BCUT2D eigenvalue weighted by atomic mass is 10.0. The number of rotatable bonds is 4. The molecule has 0 saturated carbocycles. The van der Waals surface area contributed by atoms with Crippen LogP contribution in [0.5, 0.6) is 0 Å². The van der Waals surface area contributed by atoms with E-state index in [0.717, 1.165) is 5.56 Å². The van der Waals surface area contributed by atoms with Crippen LogP contribution < -0.4 is 10.6 Å². The van der Waals surface area contributed by atoms with E-state index in [1.807, 2.05) is 0 Å². The van der Waals surface area contributed by atoms with E-state index in [-0.39, 0.29) is 23.3 Å². The molecule has 1 saturated heterocycles. The van der Waals surface area contributed by atoms with E-state index in [9.17, 15) is 13.6 Å². The van der Waals surface area contributed by atoms with Crippen molar-refractivity contribution < 1.29 is 13.6 Å². The molecule has 3 aromatic rings. The summed E-state index contributed by atoms with van der Waals surface area (Å²) in [6.45, 7) is 1.21. The van der Waals surface area contributed by atoms with Gasteiger partial charge in [-0.05, 0) is 29.8 Å². The first kappa shape index (κ1) is 16.4. The minimum Gasteiger partial charge on any atom is -0.323 e. The van der Waals surface area contributed by atoms with Gasteiger partial charge in [0.15, 0.2) is 0 Å². The lowest BCUT2D eigenvalue weighted by Gasteiger charge is -2.25. The first-order valence-corrected chi connectivity index (χ1v) is 8.23. The minimum absolute atomic E-state index is 0.132. The predicted molar refractivity (Wildman–Crippen MR) is 96.4 cm³/mol. The summed E-state index contributed by atoms with van der Waals surface area (Å²) >= 11 is 0. The van der Waals surface area contributed by atoms with Gasteiger partial charge in [0.05, 0.1) is 22.8 Å². The van der Waals surface area contributed by atoms with Crippen LogP contribution >= 0.6 is 0 Å². The molecule has 3 N–H and O–H groups in total. The number of aromatic amines is 1. The number of hydrogen-bond donors (Lipinski definition) is 3. The lowest BCUT2D eigenvalue weighted by Crippen LogP contribution is -2.48. The first-order chi connectivity index (χ1) is 12.6. The highest BCUT2D eigenvalue weighted by Crippen LogP contribution is 2.26. The molecule has 1 aromatic heterocycles. The van der Waals surface area contributed by atoms with Crippen molar-refractivity contribution in [3.8, 4) is 0 Å². The Balaban J connectivity index is 1.62. The van der Waals surface area contributed by atoms with Crippen LogP contribution in [0.3, 0.4) is 0 Å². The van der Waals surface area contributed by atoms with E-state index in [0.29, 0.717) is 29.7 Å². The summed E-state index contributed by atoms with van der Waals surface area (Å²) in [6.07, 6.45) is 3.54. The number of amides is 1. The number of carbonyl (C=O) groups excluding carboxylic acids is 1. The fourth-order valence-corrected chi connectivity index (χ4v) is 2.74. The van der Waals surface area contributed by atoms with Crippen molar-refractivity contribution in [2.24, 2.45) is 5.92 Å². The molecule has 1 aliphatic heterocycles. The summed E-state index contributed by atoms with van der Waals surface area (Å²) in [4.78, 5) is 12.1.